The van der Waals surface area contributed by atoms with Crippen LogP contribution in [-0.2, 0) is 6.54 Å². The molecule has 2 N–H and O–H groups in total. The summed E-state index contributed by atoms with van der Waals surface area (Å²) in [5.74, 6) is 0.843. The van der Waals surface area contributed by atoms with Crippen LogP contribution in [0.4, 0.5) is 0 Å². The van der Waals surface area contributed by atoms with Gasteiger partial charge in [0.2, 0.25) is 0 Å². The molecule has 1 saturated carbocycles. The lowest BCUT2D eigenvalue weighted by Gasteiger charge is -2.30. The molecule has 1 aliphatic carbocycles. The van der Waals surface area contributed by atoms with E-state index < -0.39 is 0 Å². The predicted octanol–water partition coefficient (Wildman–Crippen LogP) is 3.25. The minimum atomic E-state index is 0.459. The molecule has 0 spiro atoms. The average Bonchev–Trinajstić information content (AvgIpc) is 2.36. The van der Waals surface area contributed by atoms with Gasteiger partial charge in [-0.2, -0.15) is 0 Å². The lowest BCUT2D eigenvalue weighted by Crippen LogP contribution is -2.32. The van der Waals surface area contributed by atoms with E-state index in [4.69, 9.17) is 5.73 Å². The fourth-order valence-corrected chi connectivity index (χ4v) is 3.19. The smallest absolute Gasteiger partial charge is 0.0233 e. The van der Waals surface area contributed by atoms with Crippen LogP contribution in [0.1, 0.15) is 42.4 Å². The van der Waals surface area contributed by atoms with E-state index in [1.54, 1.807) is 0 Å². The molecule has 0 bridgehead atoms. The van der Waals surface area contributed by atoms with E-state index in [0.29, 0.717) is 6.04 Å². The van der Waals surface area contributed by atoms with Crippen LogP contribution in [-0.4, -0.2) is 24.5 Å². The van der Waals surface area contributed by atoms with Crippen LogP contribution >= 0.6 is 0 Å². The Kier molecular flexibility index (Phi) is 5.00. The summed E-state index contributed by atoms with van der Waals surface area (Å²) in [6.45, 7) is 6.65. The Labute approximate surface area is 118 Å². The zero-order valence-corrected chi connectivity index (χ0v) is 12.7. The number of rotatable bonds is 4. The van der Waals surface area contributed by atoms with Crippen LogP contribution < -0.4 is 5.73 Å². The fourth-order valence-electron chi connectivity index (χ4n) is 3.19. The second-order valence-corrected chi connectivity index (χ2v) is 6.41. The molecular formula is C17H28N2. The summed E-state index contributed by atoms with van der Waals surface area (Å²) in [5.41, 5.74) is 10.2. The molecule has 1 aromatic rings. The van der Waals surface area contributed by atoms with Gasteiger partial charge < -0.3 is 10.6 Å². The van der Waals surface area contributed by atoms with E-state index in [9.17, 15) is 0 Å². The second-order valence-electron chi connectivity index (χ2n) is 6.41. The average molecular weight is 260 g/mol. The van der Waals surface area contributed by atoms with Gasteiger partial charge in [0.05, 0.1) is 0 Å². The molecule has 0 aliphatic heterocycles. The monoisotopic (exact) mass is 260 g/mol. The van der Waals surface area contributed by atoms with Gasteiger partial charge in [0.25, 0.3) is 0 Å². The molecule has 0 unspecified atom stereocenters. The Balaban J connectivity index is 1.85. The van der Waals surface area contributed by atoms with Gasteiger partial charge in [-0.15, -0.1) is 0 Å². The molecule has 2 nitrogen and oxygen atoms in total. The molecular weight excluding hydrogens is 232 g/mol. The fraction of sp³-hybridized carbons (Fsp3) is 0.647. The van der Waals surface area contributed by atoms with Gasteiger partial charge in [-0.1, -0.05) is 23.8 Å². The summed E-state index contributed by atoms with van der Waals surface area (Å²) in [5, 5.41) is 0. The van der Waals surface area contributed by atoms with Gasteiger partial charge in [0.15, 0.2) is 0 Å². The third kappa shape index (κ3) is 4.32. The summed E-state index contributed by atoms with van der Waals surface area (Å²) in [6, 6.07) is 7.23. The van der Waals surface area contributed by atoms with Crippen molar-refractivity contribution in [3.63, 3.8) is 0 Å². The summed E-state index contributed by atoms with van der Waals surface area (Å²) < 4.78 is 0. The first-order valence-corrected chi connectivity index (χ1v) is 7.55. The van der Waals surface area contributed by atoms with E-state index >= 15 is 0 Å². The summed E-state index contributed by atoms with van der Waals surface area (Å²) in [7, 11) is 2.24. The van der Waals surface area contributed by atoms with Crippen molar-refractivity contribution in [3.8, 4) is 0 Å². The second kappa shape index (κ2) is 6.53. The van der Waals surface area contributed by atoms with Crippen LogP contribution in [0.2, 0.25) is 0 Å². The highest BCUT2D eigenvalue weighted by atomic mass is 15.1. The number of nitrogens with two attached hydrogens (primary N) is 1. The van der Waals surface area contributed by atoms with E-state index in [0.717, 1.165) is 12.5 Å². The van der Waals surface area contributed by atoms with Gasteiger partial charge in [-0.05, 0) is 63.6 Å². The molecule has 0 radical (unpaired) electrons. The zero-order chi connectivity index (χ0) is 13.8. The molecule has 0 amide bonds. The minimum Gasteiger partial charge on any atom is -0.328 e. The molecule has 0 saturated heterocycles. The van der Waals surface area contributed by atoms with Crippen molar-refractivity contribution in [2.24, 2.45) is 11.7 Å². The topological polar surface area (TPSA) is 29.3 Å². The number of aryl methyl sites for hydroxylation is 2. The first-order chi connectivity index (χ1) is 9.04. The van der Waals surface area contributed by atoms with Crippen molar-refractivity contribution in [1.29, 1.82) is 0 Å². The van der Waals surface area contributed by atoms with Crippen molar-refractivity contribution in [2.75, 3.05) is 13.6 Å². The van der Waals surface area contributed by atoms with Crippen molar-refractivity contribution in [1.82, 2.24) is 4.90 Å². The molecule has 106 valence electrons. The van der Waals surface area contributed by atoms with Crippen molar-refractivity contribution >= 4 is 0 Å². The highest BCUT2D eigenvalue weighted by Gasteiger charge is 2.19. The molecule has 1 aliphatic rings. The van der Waals surface area contributed by atoms with E-state index in [1.807, 2.05) is 0 Å². The quantitative estimate of drug-likeness (QED) is 0.900. The van der Waals surface area contributed by atoms with Crippen LogP contribution in [0.25, 0.3) is 0 Å². The predicted molar refractivity (Wildman–Crippen MR) is 82.2 cm³/mol. The van der Waals surface area contributed by atoms with Crippen molar-refractivity contribution < 1.29 is 0 Å². The maximum absolute atomic E-state index is 5.97. The van der Waals surface area contributed by atoms with E-state index in [1.165, 1.54) is 48.9 Å². The highest BCUT2D eigenvalue weighted by molar-refractivity contribution is 5.30. The number of hydrogen-bond donors (Lipinski definition) is 1. The maximum Gasteiger partial charge on any atom is 0.0233 e. The first kappa shape index (κ1) is 14.5. The Bertz CT molecular complexity index is 406. The van der Waals surface area contributed by atoms with Crippen molar-refractivity contribution in [2.45, 2.75) is 52.1 Å². The SMILES string of the molecule is Cc1ccc(CN(C)CC2CCC(N)CC2)c(C)c1. The lowest BCUT2D eigenvalue weighted by atomic mass is 9.86. The summed E-state index contributed by atoms with van der Waals surface area (Å²) in [6.07, 6.45) is 5.03. The third-order valence-corrected chi connectivity index (χ3v) is 4.40. The van der Waals surface area contributed by atoms with Crippen LogP contribution in [0.5, 0.6) is 0 Å². The first-order valence-electron chi connectivity index (χ1n) is 7.55. The molecule has 0 atom stereocenters. The number of benzene rings is 1. The molecule has 1 aromatic carbocycles. The van der Waals surface area contributed by atoms with E-state index in [2.05, 4.69) is 44.0 Å². The number of nitrogens with zero attached hydrogens (tertiary/aromatic N) is 1. The standard InChI is InChI=1S/C17H28N2/c1-13-4-7-16(14(2)10-13)12-19(3)11-15-5-8-17(18)9-6-15/h4,7,10,15,17H,5-6,8-9,11-12,18H2,1-3H3. The minimum absolute atomic E-state index is 0.459. The summed E-state index contributed by atoms with van der Waals surface area (Å²) in [4.78, 5) is 2.47. The largest absolute Gasteiger partial charge is 0.328 e. The van der Waals surface area contributed by atoms with Crippen LogP contribution in [0.15, 0.2) is 18.2 Å². The Morgan fingerprint density at radius 2 is 1.84 bits per heavy atom. The molecule has 0 aromatic heterocycles. The molecule has 2 rings (SSSR count). The molecule has 1 fully saturated rings. The van der Waals surface area contributed by atoms with Gasteiger partial charge in [-0.3, -0.25) is 0 Å². The Hall–Kier alpha value is -0.860. The third-order valence-electron chi connectivity index (χ3n) is 4.40. The van der Waals surface area contributed by atoms with Gasteiger partial charge in [-0.25, -0.2) is 0 Å². The zero-order valence-electron chi connectivity index (χ0n) is 12.7. The van der Waals surface area contributed by atoms with E-state index in [-0.39, 0.29) is 0 Å². The Morgan fingerprint density at radius 1 is 1.16 bits per heavy atom. The van der Waals surface area contributed by atoms with Crippen molar-refractivity contribution in [3.05, 3.63) is 34.9 Å². The highest BCUT2D eigenvalue weighted by Crippen LogP contribution is 2.24. The lowest BCUT2D eigenvalue weighted by molar-refractivity contribution is 0.219. The van der Waals surface area contributed by atoms with Gasteiger partial charge in [0, 0.05) is 19.1 Å². The van der Waals surface area contributed by atoms with Crippen LogP contribution in [0, 0.1) is 19.8 Å². The van der Waals surface area contributed by atoms with Gasteiger partial charge in [0.1, 0.15) is 0 Å². The molecule has 0 heterocycles. The molecule has 2 heteroatoms. The van der Waals surface area contributed by atoms with Gasteiger partial charge >= 0.3 is 0 Å². The number of hydrogen-bond acceptors (Lipinski definition) is 2. The maximum atomic E-state index is 5.97. The molecule has 19 heavy (non-hydrogen) atoms. The normalized spacial score (nSPS) is 23.8. The van der Waals surface area contributed by atoms with Crippen LogP contribution in [0.3, 0.4) is 0 Å². The Morgan fingerprint density at radius 3 is 2.47 bits per heavy atom. The summed E-state index contributed by atoms with van der Waals surface area (Å²) >= 11 is 0.